The third-order valence-electron chi connectivity index (χ3n) is 6.10. The van der Waals surface area contributed by atoms with Crippen LogP contribution in [0.1, 0.15) is 45.7 Å². The maximum atomic E-state index is 12.0. The Kier molecular flexibility index (Phi) is 12.8. The van der Waals surface area contributed by atoms with Gasteiger partial charge in [0.05, 0.1) is 28.7 Å². The smallest absolute Gasteiger partial charge is 0.303 e. The number of carbonyl (C=O) groups excluding carboxylic acids is 3. The molecule has 0 fully saturated rings. The van der Waals surface area contributed by atoms with Crippen molar-refractivity contribution < 1.29 is 41.7 Å². The van der Waals surface area contributed by atoms with E-state index in [4.69, 9.17) is 53.8 Å². The van der Waals surface area contributed by atoms with Crippen molar-refractivity contribution in [2.24, 2.45) is 0 Å². The summed E-state index contributed by atoms with van der Waals surface area (Å²) in [5.74, 6) is -1.11. The van der Waals surface area contributed by atoms with Crippen LogP contribution in [0.25, 0.3) is 0 Å². The van der Waals surface area contributed by atoms with Crippen LogP contribution in [-0.4, -0.2) is 74.7 Å². The molecule has 10 nitrogen and oxygen atoms in total. The second kappa shape index (κ2) is 15.1. The van der Waals surface area contributed by atoms with Gasteiger partial charge in [-0.2, -0.15) is 0 Å². The highest BCUT2D eigenvalue weighted by molar-refractivity contribution is 7.88. The zero-order valence-electron chi connectivity index (χ0n) is 24.1. The van der Waals surface area contributed by atoms with Crippen LogP contribution < -0.4 is 9.47 Å². The molecule has 0 aliphatic rings. The maximum absolute atomic E-state index is 12.0. The molecule has 2 aromatic rings. The first-order valence-electron chi connectivity index (χ1n) is 12.7. The predicted octanol–water partition coefficient (Wildman–Crippen LogP) is 4.99. The van der Waals surface area contributed by atoms with Crippen LogP contribution in [-0.2, 0) is 39.3 Å². The maximum Gasteiger partial charge on any atom is 0.303 e. The van der Waals surface area contributed by atoms with Gasteiger partial charge in [0, 0.05) is 26.2 Å². The van der Waals surface area contributed by atoms with E-state index in [9.17, 15) is 22.8 Å². The lowest BCUT2D eigenvalue weighted by molar-refractivity contribution is -0.149. The van der Waals surface area contributed by atoms with Gasteiger partial charge in [0.2, 0.25) is 15.9 Å². The normalized spacial score (nSPS) is 13.1. The Labute approximate surface area is 261 Å². The molecule has 0 unspecified atom stereocenters. The third-order valence-corrected chi connectivity index (χ3v) is 8.22. The molecule has 2 rings (SSSR count). The monoisotopic (exact) mass is 665 g/mol. The minimum absolute atomic E-state index is 0.0218. The van der Waals surface area contributed by atoms with Gasteiger partial charge in [-0.15, -0.1) is 11.6 Å². The second-order valence-corrected chi connectivity index (χ2v) is 13.0. The van der Waals surface area contributed by atoms with Gasteiger partial charge in [0.25, 0.3) is 0 Å². The summed E-state index contributed by atoms with van der Waals surface area (Å²) in [4.78, 5) is 34.6. The van der Waals surface area contributed by atoms with E-state index in [1.54, 1.807) is 24.3 Å². The van der Waals surface area contributed by atoms with E-state index in [0.717, 1.165) is 24.3 Å². The zero-order chi connectivity index (χ0) is 31.8. The quantitative estimate of drug-likeness (QED) is 0.203. The first-order chi connectivity index (χ1) is 19.4. The molecule has 0 saturated carbocycles. The fourth-order valence-electron chi connectivity index (χ4n) is 3.94. The summed E-state index contributed by atoms with van der Waals surface area (Å²) in [6, 6.07) is 10.6. The topological polar surface area (TPSA) is 126 Å². The Balaban J connectivity index is 2.18. The summed E-state index contributed by atoms with van der Waals surface area (Å²) in [6.45, 7) is 6.94. The average molecular weight is 667 g/mol. The summed E-state index contributed by atoms with van der Waals surface area (Å²) in [6.07, 6.45) is -0.786. The lowest BCUT2D eigenvalue weighted by Gasteiger charge is -2.28. The third kappa shape index (κ3) is 10.2. The van der Waals surface area contributed by atoms with Gasteiger partial charge in [0.15, 0.2) is 11.9 Å². The van der Waals surface area contributed by atoms with Crippen molar-refractivity contribution in [3.8, 4) is 11.5 Å². The van der Waals surface area contributed by atoms with Crippen LogP contribution in [0.5, 0.6) is 11.5 Å². The molecule has 0 radical (unpaired) electrons. The molecule has 0 saturated heterocycles. The first kappa shape index (κ1) is 35.5. The van der Waals surface area contributed by atoms with E-state index in [1.807, 2.05) is 26.0 Å². The van der Waals surface area contributed by atoms with Crippen molar-refractivity contribution in [1.82, 2.24) is 4.31 Å². The van der Waals surface area contributed by atoms with Crippen LogP contribution >= 0.6 is 34.8 Å². The number of nitrogens with zero attached hydrogens (tertiary/aromatic N) is 1. The van der Waals surface area contributed by atoms with Crippen LogP contribution in [0, 0.1) is 0 Å². The molecule has 0 aliphatic carbocycles. The molecule has 1 amide bonds. The number of ether oxygens (including phenoxy) is 4. The minimum Gasteiger partial charge on any atom is -0.490 e. The van der Waals surface area contributed by atoms with Crippen molar-refractivity contribution in [3.05, 3.63) is 57.6 Å². The van der Waals surface area contributed by atoms with Gasteiger partial charge < -0.3 is 18.9 Å². The number of sulfonamides is 1. The van der Waals surface area contributed by atoms with Crippen LogP contribution in [0.15, 0.2) is 36.4 Å². The number of amides is 1. The van der Waals surface area contributed by atoms with E-state index >= 15 is 0 Å². The molecule has 42 heavy (non-hydrogen) atoms. The number of benzene rings is 2. The van der Waals surface area contributed by atoms with Crippen molar-refractivity contribution >= 4 is 62.7 Å². The van der Waals surface area contributed by atoms with Gasteiger partial charge in [0.1, 0.15) is 25.1 Å². The van der Waals surface area contributed by atoms with E-state index in [0.29, 0.717) is 10.1 Å². The van der Waals surface area contributed by atoms with E-state index < -0.39 is 45.5 Å². The van der Waals surface area contributed by atoms with Crippen molar-refractivity contribution in [3.63, 3.8) is 0 Å². The fraction of sp³-hybridized carbons (Fsp3) is 0.464. The molecule has 0 aromatic heterocycles. The lowest BCUT2D eigenvalue weighted by Crippen LogP contribution is -2.43. The summed E-state index contributed by atoms with van der Waals surface area (Å²) in [5.41, 5.74) is 1.13. The summed E-state index contributed by atoms with van der Waals surface area (Å²) < 4.78 is 46.3. The van der Waals surface area contributed by atoms with Crippen LogP contribution in [0.4, 0.5) is 0 Å². The molecule has 232 valence electrons. The Bertz CT molecular complexity index is 1360. The number of rotatable bonds is 14. The van der Waals surface area contributed by atoms with Crippen LogP contribution in [0.2, 0.25) is 10.0 Å². The number of carbonyl (C=O) groups is 3. The van der Waals surface area contributed by atoms with Crippen LogP contribution in [0.3, 0.4) is 0 Å². The molecule has 2 atom stereocenters. The molecule has 0 aliphatic heterocycles. The molecule has 14 heteroatoms. The highest BCUT2D eigenvalue weighted by atomic mass is 35.5. The molecule has 2 aromatic carbocycles. The largest absolute Gasteiger partial charge is 0.490 e. The molecule has 0 bridgehead atoms. The zero-order valence-corrected chi connectivity index (χ0v) is 27.2. The number of hydrogen-bond acceptors (Lipinski definition) is 9. The van der Waals surface area contributed by atoms with Gasteiger partial charge in [-0.25, -0.2) is 12.7 Å². The predicted molar refractivity (Wildman–Crippen MR) is 160 cm³/mol. The highest BCUT2D eigenvalue weighted by Crippen LogP contribution is 2.40. The van der Waals surface area contributed by atoms with Gasteiger partial charge >= 0.3 is 11.9 Å². The molecule has 0 heterocycles. The Hall–Kier alpha value is -2.73. The van der Waals surface area contributed by atoms with Crippen molar-refractivity contribution in [2.75, 3.05) is 31.9 Å². The highest BCUT2D eigenvalue weighted by Gasteiger charge is 2.28. The average Bonchev–Trinajstić information content (AvgIpc) is 2.87. The SMILES string of the molecule is CC(=O)O[C@H](COc1ccc(C(C)(C)c2cc(Cl)c(OC[C@H](CCl)OC(C)=O)c(Cl)c2)cc1)CN(C(C)=O)S(C)(=O)=O. The Morgan fingerprint density at radius 2 is 1.36 bits per heavy atom. The van der Waals surface area contributed by atoms with E-state index in [2.05, 4.69) is 0 Å². The van der Waals surface area contributed by atoms with Gasteiger partial charge in [-0.05, 0) is 35.4 Å². The number of hydrogen-bond donors (Lipinski definition) is 0. The number of halogens is 3. The first-order valence-corrected chi connectivity index (χ1v) is 15.8. The Morgan fingerprint density at radius 3 is 1.81 bits per heavy atom. The molecular formula is C28H34Cl3NO9S. The number of esters is 2. The van der Waals surface area contributed by atoms with Crippen molar-refractivity contribution in [1.29, 1.82) is 0 Å². The standard InChI is InChI=1S/C28H34Cl3NO9S/c1-17(33)32(42(6,36)37)14-24(41-19(3)35)16-38-22-9-7-20(8-10-22)28(4,5)21-11-25(30)27(26(31)12-21)39-15-23(13-29)40-18(2)34/h7-12,23-24H,13-16H2,1-6H3/t23-,24-/m0/s1. The summed E-state index contributed by atoms with van der Waals surface area (Å²) >= 11 is 18.9. The summed E-state index contributed by atoms with van der Waals surface area (Å²) in [7, 11) is -3.86. The second-order valence-electron chi connectivity index (χ2n) is 9.97. The van der Waals surface area contributed by atoms with Gasteiger partial charge in [-0.1, -0.05) is 49.2 Å². The van der Waals surface area contributed by atoms with Gasteiger partial charge in [-0.3, -0.25) is 14.4 Å². The van der Waals surface area contributed by atoms with E-state index in [-0.39, 0.29) is 41.4 Å². The Morgan fingerprint density at radius 1 is 0.857 bits per heavy atom. The summed E-state index contributed by atoms with van der Waals surface area (Å²) in [5, 5.41) is 0.541. The molecule has 0 spiro atoms. The van der Waals surface area contributed by atoms with Crippen molar-refractivity contribution in [2.45, 2.75) is 52.2 Å². The lowest BCUT2D eigenvalue weighted by atomic mass is 9.78. The fourth-order valence-corrected chi connectivity index (χ4v) is 5.60. The minimum atomic E-state index is -3.86. The molecular weight excluding hydrogens is 633 g/mol. The van der Waals surface area contributed by atoms with E-state index in [1.165, 1.54) is 13.8 Å². The number of alkyl halides is 1. The molecule has 0 N–H and O–H groups in total.